The molecular weight excluding hydrogens is 380 g/mol. The molecule has 0 bridgehead atoms. The molecule has 0 aliphatic heterocycles. The van der Waals surface area contributed by atoms with Gasteiger partial charge in [0, 0.05) is 31.0 Å². The van der Waals surface area contributed by atoms with Crippen LogP contribution in [-0.2, 0) is 17.6 Å². The fourth-order valence-corrected chi connectivity index (χ4v) is 3.71. The second kappa shape index (κ2) is 10.2. The van der Waals surface area contributed by atoms with Gasteiger partial charge in [-0.15, -0.1) is 0 Å². The van der Waals surface area contributed by atoms with Gasteiger partial charge in [-0.3, -0.25) is 4.79 Å². The molecule has 0 radical (unpaired) electrons. The number of anilines is 1. The highest BCUT2D eigenvalue weighted by Gasteiger charge is 2.14. The van der Waals surface area contributed by atoms with Gasteiger partial charge < -0.3 is 10.2 Å². The third-order valence-electron chi connectivity index (χ3n) is 4.76. The number of amides is 1. The van der Waals surface area contributed by atoms with Gasteiger partial charge in [-0.2, -0.15) is 4.37 Å². The summed E-state index contributed by atoms with van der Waals surface area (Å²) in [5.41, 5.74) is 3.72. The molecule has 0 aliphatic carbocycles. The summed E-state index contributed by atoms with van der Waals surface area (Å²) < 4.78 is 4.44. The molecule has 1 atom stereocenters. The van der Waals surface area contributed by atoms with E-state index in [9.17, 15) is 4.79 Å². The highest BCUT2D eigenvalue weighted by molar-refractivity contribution is 7.09. The van der Waals surface area contributed by atoms with Gasteiger partial charge in [0.25, 0.3) is 0 Å². The molecule has 0 spiro atoms. The number of rotatable bonds is 9. The van der Waals surface area contributed by atoms with Crippen molar-refractivity contribution in [2.75, 3.05) is 18.5 Å². The largest absolute Gasteiger partial charge is 0.352 e. The summed E-state index contributed by atoms with van der Waals surface area (Å²) >= 11 is 1.33. The molecule has 1 amide bonds. The minimum absolute atomic E-state index is 0.00310. The van der Waals surface area contributed by atoms with Crippen LogP contribution in [0.5, 0.6) is 0 Å². The quantitative estimate of drug-likeness (QED) is 0.581. The van der Waals surface area contributed by atoms with Crippen molar-refractivity contribution in [2.45, 2.75) is 39.2 Å². The Balaban J connectivity index is 1.45. The highest BCUT2D eigenvalue weighted by atomic mass is 32.1. The maximum atomic E-state index is 12.4. The monoisotopic (exact) mass is 408 g/mol. The Bertz CT molecular complexity index is 908. The number of nitrogens with one attached hydrogen (secondary N) is 1. The Morgan fingerprint density at radius 2 is 1.83 bits per heavy atom. The van der Waals surface area contributed by atoms with Crippen LogP contribution in [0.25, 0.3) is 0 Å². The van der Waals surface area contributed by atoms with E-state index in [2.05, 4.69) is 58.0 Å². The van der Waals surface area contributed by atoms with Gasteiger partial charge >= 0.3 is 0 Å². The van der Waals surface area contributed by atoms with Crippen LogP contribution in [0.1, 0.15) is 35.9 Å². The number of hydrogen-bond donors (Lipinski definition) is 1. The third kappa shape index (κ3) is 6.68. The number of nitrogens with zero attached hydrogens (tertiary/aromatic N) is 3. The zero-order chi connectivity index (χ0) is 20.6. The number of aromatic nitrogens is 2. The van der Waals surface area contributed by atoms with Gasteiger partial charge in [0.05, 0.1) is 6.54 Å². The van der Waals surface area contributed by atoms with Crippen LogP contribution >= 0.6 is 11.5 Å². The van der Waals surface area contributed by atoms with Crippen molar-refractivity contribution in [2.24, 2.45) is 0 Å². The molecule has 1 aromatic heterocycles. The molecule has 0 saturated carbocycles. The van der Waals surface area contributed by atoms with E-state index < -0.39 is 0 Å². The van der Waals surface area contributed by atoms with E-state index in [1.165, 1.54) is 28.2 Å². The summed E-state index contributed by atoms with van der Waals surface area (Å²) in [4.78, 5) is 18.8. The molecule has 3 rings (SSSR count). The number of benzene rings is 2. The topological polar surface area (TPSA) is 58.1 Å². The molecule has 3 aromatic rings. The number of carbonyl (C=O) groups is 1. The van der Waals surface area contributed by atoms with Crippen molar-refractivity contribution in [1.29, 1.82) is 0 Å². The molecule has 0 aliphatic rings. The van der Waals surface area contributed by atoms with Crippen molar-refractivity contribution in [3.05, 3.63) is 77.1 Å². The van der Waals surface area contributed by atoms with Crippen LogP contribution in [0.2, 0.25) is 0 Å². The molecule has 1 heterocycles. The number of likely N-dealkylation sites (N-methyl/N-ethyl adjacent to an activating group) is 1. The third-order valence-corrected chi connectivity index (χ3v) is 5.63. The standard InChI is InChI=1S/C23H28N4OS/c1-17-9-12-20(13-10-17)15-21-25-23(29-26-21)27(3)16-22(28)24-18(2)11-14-19-7-5-4-6-8-19/h4-10,12-13,18H,11,14-16H2,1-3H3,(H,24,28)/t18-/m0/s1. The van der Waals surface area contributed by atoms with E-state index in [1.54, 1.807) is 0 Å². The Hall–Kier alpha value is -2.73. The molecule has 5 nitrogen and oxygen atoms in total. The van der Waals surface area contributed by atoms with Gasteiger partial charge in [-0.05, 0) is 37.8 Å². The first-order valence-electron chi connectivity index (χ1n) is 9.92. The number of aryl methyl sites for hydroxylation is 2. The van der Waals surface area contributed by atoms with E-state index in [1.807, 2.05) is 37.1 Å². The van der Waals surface area contributed by atoms with E-state index in [-0.39, 0.29) is 18.5 Å². The zero-order valence-electron chi connectivity index (χ0n) is 17.3. The highest BCUT2D eigenvalue weighted by Crippen LogP contribution is 2.18. The maximum absolute atomic E-state index is 12.4. The van der Waals surface area contributed by atoms with Gasteiger partial charge in [0.15, 0.2) is 0 Å². The summed E-state index contributed by atoms with van der Waals surface area (Å²) in [5, 5.41) is 3.84. The van der Waals surface area contributed by atoms with E-state index in [4.69, 9.17) is 0 Å². The van der Waals surface area contributed by atoms with Crippen molar-refractivity contribution in [3.8, 4) is 0 Å². The molecule has 1 N–H and O–H groups in total. The average molecular weight is 409 g/mol. The summed E-state index contributed by atoms with van der Waals surface area (Å²) in [5.74, 6) is 0.792. The molecule has 0 fully saturated rings. The Morgan fingerprint density at radius 3 is 2.55 bits per heavy atom. The summed E-state index contributed by atoms with van der Waals surface area (Å²) in [6.07, 6.45) is 2.57. The first-order chi connectivity index (χ1) is 14.0. The lowest BCUT2D eigenvalue weighted by atomic mass is 10.1. The SMILES string of the molecule is Cc1ccc(Cc2nsc(N(C)CC(=O)N[C@@H](C)CCc3ccccc3)n2)cc1. The molecule has 0 unspecified atom stereocenters. The van der Waals surface area contributed by atoms with Crippen molar-refractivity contribution >= 4 is 22.6 Å². The molecular formula is C23H28N4OS. The second-order valence-electron chi connectivity index (χ2n) is 7.50. The Morgan fingerprint density at radius 1 is 1.10 bits per heavy atom. The fraction of sp³-hybridized carbons (Fsp3) is 0.348. The lowest BCUT2D eigenvalue weighted by molar-refractivity contribution is -0.120. The van der Waals surface area contributed by atoms with Crippen LogP contribution in [0, 0.1) is 6.92 Å². The normalized spacial score (nSPS) is 11.8. The molecule has 6 heteroatoms. The second-order valence-corrected chi connectivity index (χ2v) is 8.23. The Labute approximate surface area is 177 Å². The summed E-state index contributed by atoms with van der Waals surface area (Å²) in [6.45, 7) is 4.39. The van der Waals surface area contributed by atoms with E-state index in [0.717, 1.165) is 23.8 Å². The van der Waals surface area contributed by atoms with Crippen LogP contribution in [-0.4, -0.2) is 34.9 Å². The number of carbonyl (C=O) groups excluding carboxylic acids is 1. The van der Waals surface area contributed by atoms with Gasteiger partial charge in [0.1, 0.15) is 5.82 Å². The average Bonchev–Trinajstić information content (AvgIpc) is 3.17. The van der Waals surface area contributed by atoms with Crippen molar-refractivity contribution in [1.82, 2.24) is 14.7 Å². The van der Waals surface area contributed by atoms with Gasteiger partial charge in [-0.25, -0.2) is 4.98 Å². The predicted octanol–water partition coefficient (Wildman–Crippen LogP) is 4.01. The minimum atomic E-state index is 0.00310. The van der Waals surface area contributed by atoms with Crippen molar-refractivity contribution < 1.29 is 4.79 Å². The summed E-state index contributed by atoms with van der Waals surface area (Å²) in [7, 11) is 1.88. The van der Waals surface area contributed by atoms with E-state index >= 15 is 0 Å². The first kappa shape index (κ1) is 21.0. The lowest BCUT2D eigenvalue weighted by Crippen LogP contribution is -2.40. The van der Waals surface area contributed by atoms with Gasteiger partial charge in [0.2, 0.25) is 11.0 Å². The molecule has 2 aromatic carbocycles. The summed E-state index contributed by atoms with van der Waals surface area (Å²) in [6, 6.07) is 18.9. The maximum Gasteiger partial charge on any atom is 0.239 e. The van der Waals surface area contributed by atoms with Gasteiger partial charge in [-0.1, -0.05) is 60.2 Å². The lowest BCUT2D eigenvalue weighted by Gasteiger charge is -2.18. The zero-order valence-corrected chi connectivity index (χ0v) is 18.1. The first-order valence-corrected chi connectivity index (χ1v) is 10.7. The van der Waals surface area contributed by atoms with Crippen LogP contribution < -0.4 is 10.2 Å². The molecule has 152 valence electrons. The fourth-order valence-electron chi connectivity index (χ4n) is 3.06. The van der Waals surface area contributed by atoms with Crippen molar-refractivity contribution in [3.63, 3.8) is 0 Å². The molecule has 0 saturated heterocycles. The Kier molecular flexibility index (Phi) is 7.36. The van der Waals surface area contributed by atoms with Crippen LogP contribution in [0.3, 0.4) is 0 Å². The smallest absolute Gasteiger partial charge is 0.239 e. The predicted molar refractivity (Wildman–Crippen MR) is 120 cm³/mol. The number of hydrogen-bond acceptors (Lipinski definition) is 5. The molecule has 29 heavy (non-hydrogen) atoms. The van der Waals surface area contributed by atoms with Crippen LogP contribution in [0.15, 0.2) is 54.6 Å². The van der Waals surface area contributed by atoms with Crippen LogP contribution in [0.4, 0.5) is 5.13 Å². The minimum Gasteiger partial charge on any atom is -0.352 e. The van der Waals surface area contributed by atoms with E-state index in [0.29, 0.717) is 6.42 Å².